The van der Waals surface area contributed by atoms with Gasteiger partial charge in [0.25, 0.3) is 11.4 Å². The molecule has 2 aromatic rings. The van der Waals surface area contributed by atoms with E-state index in [4.69, 9.17) is 4.74 Å². The summed E-state index contributed by atoms with van der Waals surface area (Å²) in [6.07, 6.45) is -0.475. The van der Waals surface area contributed by atoms with E-state index in [1.807, 2.05) is 6.92 Å². The van der Waals surface area contributed by atoms with Crippen molar-refractivity contribution in [2.45, 2.75) is 59.1 Å². The van der Waals surface area contributed by atoms with Crippen molar-refractivity contribution in [3.05, 3.63) is 79.9 Å². The number of benzene rings is 2. The van der Waals surface area contributed by atoms with Crippen molar-refractivity contribution in [2.24, 2.45) is 5.92 Å². The van der Waals surface area contributed by atoms with E-state index in [9.17, 15) is 39.7 Å². The Hall–Kier alpha value is -4.35. The maximum absolute atomic E-state index is 11.7. The zero-order valence-electron chi connectivity index (χ0n) is 21.3. The van der Waals surface area contributed by atoms with Crippen LogP contribution in [0.25, 0.3) is 0 Å². The molecule has 0 radical (unpaired) electrons. The molecule has 0 spiro atoms. The third-order valence-corrected chi connectivity index (χ3v) is 4.98. The minimum absolute atomic E-state index is 0.0357. The van der Waals surface area contributed by atoms with Crippen molar-refractivity contribution in [1.29, 1.82) is 0 Å². The quantitative estimate of drug-likeness (QED) is 0.358. The second kappa shape index (κ2) is 13.7. The number of nitro benzene ring substituents is 2. The summed E-state index contributed by atoms with van der Waals surface area (Å²) in [5.74, 6) is -1.20. The van der Waals surface area contributed by atoms with Gasteiger partial charge in [0.2, 0.25) is 0 Å². The van der Waals surface area contributed by atoms with Crippen molar-refractivity contribution in [3.8, 4) is 0 Å². The molecule has 0 unspecified atom stereocenters. The number of carbonyl (C=O) groups excluding carboxylic acids is 2. The van der Waals surface area contributed by atoms with Crippen LogP contribution < -0.4 is 5.32 Å². The van der Waals surface area contributed by atoms with Gasteiger partial charge in [-0.1, -0.05) is 37.3 Å². The summed E-state index contributed by atoms with van der Waals surface area (Å²) in [6, 6.07) is 10.8. The van der Waals surface area contributed by atoms with E-state index in [1.54, 1.807) is 45.9 Å². The van der Waals surface area contributed by atoms with Gasteiger partial charge in [-0.2, -0.15) is 0 Å². The van der Waals surface area contributed by atoms with E-state index in [0.717, 1.165) is 5.56 Å². The van der Waals surface area contributed by atoms with E-state index < -0.39 is 33.6 Å². The maximum atomic E-state index is 11.7. The van der Waals surface area contributed by atoms with Crippen LogP contribution in [0.4, 0.5) is 16.2 Å². The largest absolute Gasteiger partial charge is 0.480 e. The summed E-state index contributed by atoms with van der Waals surface area (Å²) in [4.78, 5) is 54.2. The molecule has 0 aliphatic carbocycles. The topological polar surface area (TPSA) is 179 Å². The number of Topliss-reactive ketones (excluding diaryl/α,β-unsaturated/α-hetero) is 1. The number of non-ortho nitro benzene ring substituents is 1. The van der Waals surface area contributed by atoms with Crippen LogP contribution in [0.1, 0.15) is 45.7 Å². The second-order valence-corrected chi connectivity index (χ2v) is 9.27. The molecule has 12 heteroatoms. The fraction of sp³-hybridized carbons (Fsp3) is 0.400. The van der Waals surface area contributed by atoms with Crippen LogP contribution >= 0.6 is 0 Å². The molecule has 2 aromatic carbocycles. The highest BCUT2D eigenvalue weighted by atomic mass is 16.6. The summed E-state index contributed by atoms with van der Waals surface area (Å²) >= 11 is 0. The highest BCUT2D eigenvalue weighted by Gasteiger charge is 2.26. The highest BCUT2D eigenvalue weighted by Crippen LogP contribution is 2.20. The molecule has 0 heterocycles. The summed E-state index contributed by atoms with van der Waals surface area (Å²) in [5.41, 5.74) is 0.277. The lowest BCUT2D eigenvalue weighted by atomic mass is 9.98. The molecule has 12 nitrogen and oxygen atoms in total. The Balaban J connectivity index is 0.000000397. The van der Waals surface area contributed by atoms with Gasteiger partial charge in [-0.3, -0.25) is 25.0 Å². The Morgan fingerprint density at radius 1 is 0.973 bits per heavy atom. The molecule has 0 saturated heterocycles. The first-order valence-electron chi connectivity index (χ1n) is 11.3. The molecule has 200 valence electrons. The standard InChI is InChI=1S/C14H18N2O6.C11H13NO3/c1-14(2,3)22-13(19)15-10(12(17)18)8-9-6-4-5-7-11(9)16(20)21;1-8(9(2)13)7-10-3-5-11(6-4-10)12(14)15/h4-7,10H,8H2,1-3H3,(H,15,19)(H,17,18);3-6,8H,7H2,1-2H3/t10-;8-/m00/s1. The van der Waals surface area contributed by atoms with E-state index in [-0.39, 0.29) is 35.1 Å². The first-order valence-corrected chi connectivity index (χ1v) is 11.3. The van der Waals surface area contributed by atoms with E-state index >= 15 is 0 Å². The predicted molar refractivity (Wildman–Crippen MR) is 134 cm³/mol. The summed E-state index contributed by atoms with van der Waals surface area (Å²) in [5, 5.41) is 32.7. The molecule has 0 fully saturated rings. The molecule has 2 atom stereocenters. The van der Waals surface area contributed by atoms with Gasteiger partial charge in [0.15, 0.2) is 0 Å². The van der Waals surface area contributed by atoms with Crippen LogP contribution in [0.3, 0.4) is 0 Å². The maximum Gasteiger partial charge on any atom is 0.408 e. The van der Waals surface area contributed by atoms with Crippen LogP contribution in [-0.2, 0) is 27.2 Å². The fourth-order valence-corrected chi connectivity index (χ4v) is 2.98. The van der Waals surface area contributed by atoms with Gasteiger partial charge in [0.1, 0.15) is 17.4 Å². The predicted octanol–water partition coefficient (Wildman–Crippen LogP) is 4.48. The molecule has 2 N–H and O–H groups in total. The number of carbonyl (C=O) groups is 3. The molecule has 0 aliphatic rings. The Labute approximate surface area is 213 Å². The van der Waals surface area contributed by atoms with Crippen LogP contribution in [-0.4, -0.2) is 44.4 Å². The molecule has 37 heavy (non-hydrogen) atoms. The third-order valence-electron chi connectivity index (χ3n) is 4.98. The molecular formula is C25H31N3O9. The normalized spacial score (nSPS) is 12.2. The number of alkyl carbamates (subject to hydrolysis) is 1. The molecule has 1 amide bonds. The number of rotatable bonds is 9. The Bertz CT molecular complexity index is 1120. The number of carboxylic acid groups (broad SMARTS) is 1. The summed E-state index contributed by atoms with van der Waals surface area (Å²) in [6.45, 7) is 8.33. The van der Waals surface area contributed by atoms with Gasteiger partial charge in [0.05, 0.1) is 9.85 Å². The lowest BCUT2D eigenvalue weighted by molar-refractivity contribution is -0.385. The van der Waals surface area contributed by atoms with Gasteiger partial charge in [-0.05, 0) is 39.7 Å². The number of ketones is 1. The van der Waals surface area contributed by atoms with E-state index in [0.29, 0.717) is 6.42 Å². The number of carboxylic acids is 1. The summed E-state index contributed by atoms with van der Waals surface area (Å²) < 4.78 is 4.99. The van der Waals surface area contributed by atoms with Crippen LogP contribution in [0.15, 0.2) is 48.5 Å². The Morgan fingerprint density at radius 2 is 1.54 bits per heavy atom. The molecule has 0 bridgehead atoms. The first kappa shape index (κ1) is 30.7. The van der Waals surface area contributed by atoms with Gasteiger partial charge >= 0.3 is 12.1 Å². The lowest BCUT2D eigenvalue weighted by Gasteiger charge is -2.22. The molecule has 0 aliphatic heterocycles. The van der Waals surface area contributed by atoms with Gasteiger partial charge < -0.3 is 15.2 Å². The Kier molecular flexibility index (Phi) is 11.3. The average molecular weight is 518 g/mol. The van der Waals surface area contributed by atoms with Crippen molar-refractivity contribution in [1.82, 2.24) is 5.32 Å². The number of ether oxygens (including phenoxy) is 1. The number of amides is 1. The smallest absolute Gasteiger partial charge is 0.408 e. The molecule has 0 aromatic heterocycles. The minimum atomic E-state index is -1.32. The van der Waals surface area contributed by atoms with Crippen LogP contribution in [0.5, 0.6) is 0 Å². The van der Waals surface area contributed by atoms with Crippen molar-refractivity contribution >= 4 is 29.2 Å². The van der Waals surface area contributed by atoms with Crippen molar-refractivity contribution in [3.63, 3.8) is 0 Å². The summed E-state index contributed by atoms with van der Waals surface area (Å²) in [7, 11) is 0. The fourth-order valence-electron chi connectivity index (χ4n) is 2.98. The molecule has 2 rings (SSSR count). The number of para-hydroxylation sites is 1. The third kappa shape index (κ3) is 11.3. The highest BCUT2D eigenvalue weighted by molar-refractivity contribution is 5.80. The second-order valence-electron chi connectivity index (χ2n) is 9.27. The Morgan fingerprint density at radius 3 is 2.00 bits per heavy atom. The van der Waals surface area contributed by atoms with Crippen LogP contribution in [0.2, 0.25) is 0 Å². The van der Waals surface area contributed by atoms with Crippen molar-refractivity contribution in [2.75, 3.05) is 0 Å². The number of nitrogens with one attached hydrogen (secondary N) is 1. The van der Waals surface area contributed by atoms with E-state index in [2.05, 4.69) is 5.32 Å². The van der Waals surface area contributed by atoms with Crippen LogP contribution in [0, 0.1) is 26.1 Å². The monoisotopic (exact) mass is 517 g/mol. The van der Waals surface area contributed by atoms with Gasteiger partial charge in [-0.25, -0.2) is 9.59 Å². The zero-order valence-corrected chi connectivity index (χ0v) is 21.3. The molecular weight excluding hydrogens is 486 g/mol. The lowest BCUT2D eigenvalue weighted by Crippen LogP contribution is -2.44. The number of aliphatic carboxylic acids is 1. The van der Waals surface area contributed by atoms with E-state index in [1.165, 1.54) is 30.3 Å². The number of hydrogen-bond acceptors (Lipinski definition) is 8. The van der Waals surface area contributed by atoms with Gasteiger partial charge in [0, 0.05) is 36.1 Å². The number of nitrogens with zero attached hydrogens (tertiary/aromatic N) is 2. The minimum Gasteiger partial charge on any atom is -0.480 e. The number of nitro groups is 2. The zero-order chi connectivity index (χ0) is 28.3. The first-order chi connectivity index (χ1) is 17.1. The average Bonchev–Trinajstić information content (AvgIpc) is 2.78. The molecule has 0 saturated carbocycles. The van der Waals surface area contributed by atoms with Gasteiger partial charge in [-0.15, -0.1) is 0 Å². The SMILES string of the molecule is CC(=O)[C@@H](C)Cc1ccc([N+](=O)[O-])cc1.CC(C)(C)OC(=O)N[C@@H](Cc1ccccc1[N+](=O)[O-])C(=O)O. The van der Waals surface area contributed by atoms with Crippen molar-refractivity contribution < 1.29 is 34.1 Å². The number of hydrogen-bond donors (Lipinski definition) is 2.